The maximum absolute atomic E-state index is 12.5. The van der Waals surface area contributed by atoms with Gasteiger partial charge in [-0.15, -0.1) is 11.3 Å². The van der Waals surface area contributed by atoms with Gasteiger partial charge in [-0.2, -0.15) is 0 Å². The number of nitrogens with one attached hydrogen (secondary N) is 2. The van der Waals surface area contributed by atoms with Crippen LogP contribution in [0.25, 0.3) is 0 Å². The first-order chi connectivity index (χ1) is 9.78. The van der Waals surface area contributed by atoms with Gasteiger partial charge >= 0.3 is 0 Å². The van der Waals surface area contributed by atoms with Gasteiger partial charge in [-0.1, -0.05) is 0 Å². The first kappa shape index (κ1) is 14.1. The number of carbonyl (C=O) groups excluding carboxylic acids is 1. The second kappa shape index (κ2) is 6.27. The number of rotatable bonds is 3. The van der Waals surface area contributed by atoms with Crippen LogP contribution in [0.3, 0.4) is 0 Å². The van der Waals surface area contributed by atoms with Crippen LogP contribution in [-0.4, -0.2) is 31.6 Å². The number of hydrogen-bond acceptors (Lipinski definition) is 2. The van der Waals surface area contributed by atoms with Crippen molar-refractivity contribution in [2.45, 2.75) is 51.5 Å². The van der Waals surface area contributed by atoms with Crippen LogP contribution >= 0.6 is 11.3 Å². The van der Waals surface area contributed by atoms with Gasteiger partial charge in [-0.05, 0) is 62.0 Å². The molecule has 1 aromatic rings. The van der Waals surface area contributed by atoms with Crippen LogP contribution in [0.4, 0.5) is 0 Å². The number of likely N-dealkylation sites (N-methyl/N-ethyl adjacent to an activating group) is 1. The molecule has 1 saturated heterocycles. The fourth-order valence-electron chi connectivity index (χ4n) is 3.56. The molecule has 1 aliphatic carbocycles. The van der Waals surface area contributed by atoms with E-state index < -0.39 is 0 Å². The number of quaternary nitrogens is 1. The van der Waals surface area contributed by atoms with E-state index in [-0.39, 0.29) is 5.91 Å². The number of likely N-dealkylation sites (tertiary alicyclic amines) is 1. The third-order valence-corrected chi connectivity index (χ3v) is 5.83. The van der Waals surface area contributed by atoms with Crippen molar-refractivity contribution in [3.63, 3.8) is 0 Å². The van der Waals surface area contributed by atoms with E-state index in [4.69, 9.17) is 0 Å². The van der Waals surface area contributed by atoms with E-state index in [1.165, 1.54) is 43.5 Å². The molecule has 4 heteroatoms. The molecule has 1 fully saturated rings. The Labute approximate surface area is 125 Å². The van der Waals surface area contributed by atoms with E-state index in [2.05, 4.69) is 17.6 Å². The van der Waals surface area contributed by atoms with Gasteiger partial charge in [-0.3, -0.25) is 4.79 Å². The maximum atomic E-state index is 12.5. The summed E-state index contributed by atoms with van der Waals surface area (Å²) in [5, 5.41) is 5.49. The van der Waals surface area contributed by atoms with E-state index in [1.807, 2.05) is 0 Å². The first-order valence-corrected chi connectivity index (χ1v) is 8.89. The van der Waals surface area contributed by atoms with E-state index in [0.29, 0.717) is 6.04 Å². The quantitative estimate of drug-likeness (QED) is 0.868. The second-order valence-electron chi connectivity index (χ2n) is 6.15. The van der Waals surface area contributed by atoms with Crippen LogP contribution in [0.2, 0.25) is 0 Å². The predicted octanol–water partition coefficient (Wildman–Crippen LogP) is 1.42. The van der Waals surface area contributed by atoms with Gasteiger partial charge in [0.2, 0.25) is 0 Å². The molecule has 0 spiro atoms. The van der Waals surface area contributed by atoms with Gasteiger partial charge in [0.25, 0.3) is 5.91 Å². The van der Waals surface area contributed by atoms with Crippen LogP contribution in [0.1, 0.15) is 53.4 Å². The summed E-state index contributed by atoms with van der Waals surface area (Å²) in [7, 11) is 0. The lowest BCUT2D eigenvalue weighted by Gasteiger charge is -2.29. The Hall–Kier alpha value is -0.870. The lowest BCUT2D eigenvalue weighted by atomic mass is 9.93. The van der Waals surface area contributed by atoms with Crippen molar-refractivity contribution in [3.8, 4) is 0 Å². The van der Waals surface area contributed by atoms with Gasteiger partial charge in [0.1, 0.15) is 0 Å². The van der Waals surface area contributed by atoms with Crippen molar-refractivity contribution in [2.75, 3.05) is 19.6 Å². The van der Waals surface area contributed by atoms with E-state index in [1.54, 1.807) is 16.2 Å². The topological polar surface area (TPSA) is 33.5 Å². The molecule has 3 rings (SSSR count). The Kier molecular flexibility index (Phi) is 4.41. The smallest absolute Gasteiger partial charge is 0.262 e. The number of amides is 1. The number of thiophene rings is 1. The fraction of sp³-hybridized carbons (Fsp3) is 0.688. The van der Waals surface area contributed by atoms with Crippen LogP contribution in [0.15, 0.2) is 5.38 Å². The Morgan fingerprint density at radius 2 is 2.25 bits per heavy atom. The second-order valence-corrected chi connectivity index (χ2v) is 7.03. The Bertz CT molecular complexity index is 483. The monoisotopic (exact) mass is 293 g/mol. The minimum atomic E-state index is 0.181. The fourth-order valence-corrected chi connectivity index (χ4v) is 4.62. The summed E-state index contributed by atoms with van der Waals surface area (Å²) in [5.41, 5.74) is 2.77. The molecular weight excluding hydrogens is 268 g/mol. The van der Waals surface area contributed by atoms with Crippen LogP contribution in [0.5, 0.6) is 0 Å². The van der Waals surface area contributed by atoms with Crippen LogP contribution in [0, 0.1) is 0 Å². The van der Waals surface area contributed by atoms with Crippen LogP contribution in [-0.2, 0) is 12.8 Å². The molecule has 3 nitrogen and oxygen atoms in total. The number of carbonyl (C=O) groups is 1. The predicted molar refractivity (Wildman–Crippen MR) is 82.7 cm³/mol. The minimum Gasteiger partial charge on any atom is -0.343 e. The summed E-state index contributed by atoms with van der Waals surface area (Å²) < 4.78 is 0. The number of fused-ring (bicyclic) bond motifs is 1. The van der Waals surface area contributed by atoms with Gasteiger partial charge in [0, 0.05) is 0 Å². The molecular formula is C16H25N2OS+. The Morgan fingerprint density at radius 1 is 1.40 bits per heavy atom. The van der Waals surface area contributed by atoms with Crippen molar-refractivity contribution in [2.24, 2.45) is 0 Å². The average molecular weight is 293 g/mol. The standard InChI is InChI=1S/C16H24N2OS/c1-2-18-9-5-7-13(10-18)17-16(19)15-14-8-4-3-6-12(14)11-20-15/h11,13H,2-10H2,1H3,(H,17,19)/p+1/t13-/m0/s1. The Balaban J connectivity index is 1.66. The molecule has 1 amide bonds. The number of piperidine rings is 1. The summed E-state index contributed by atoms with van der Waals surface area (Å²) in [5.74, 6) is 0.181. The van der Waals surface area contributed by atoms with Gasteiger partial charge in [-0.25, -0.2) is 0 Å². The van der Waals surface area contributed by atoms with Crippen molar-refractivity contribution in [1.82, 2.24) is 5.32 Å². The van der Waals surface area contributed by atoms with E-state index >= 15 is 0 Å². The molecule has 1 aromatic heterocycles. The molecule has 2 heterocycles. The summed E-state index contributed by atoms with van der Waals surface area (Å²) in [4.78, 5) is 15.1. The maximum Gasteiger partial charge on any atom is 0.262 e. The number of hydrogen-bond donors (Lipinski definition) is 2. The molecule has 2 N–H and O–H groups in total. The third kappa shape index (κ3) is 2.91. The molecule has 20 heavy (non-hydrogen) atoms. The molecule has 1 aliphatic heterocycles. The van der Waals surface area contributed by atoms with Crippen molar-refractivity contribution >= 4 is 17.2 Å². The highest BCUT2D eigenvalue weighted by molar-refractivity contribution is 7.12. The molecule has 0 radical (unpaired) electrons. The molecule has 1 unspecified atom stereocenters. The summed E-state index contributed by atoms with van der Waals surface area (Å²) >= 11 is 1.65. The number of aryl methyl sites for hydroxylation is 1. The minimum absolute atomic E-state index is 0.181. The molecule has 0 saturated carbocycles. The SMILES string of the molecule is CC[NH+]1CCC[C@H](NC(=O)c2scc3c2CCCC3)C1. The third-order valence-electron chi connectivity index (χ3n) is 4.76. The molecule has 2 atom stereocenters. The van der Waals surface area contributed by atoms with Crippen LogP contribution < -0.4 is 10.2 Å². The zero-order valence-corrected chi connectivity index (χ0v) is 13.2. The van der Waals surface area contributed by atoms with Crippen molar-refractivity contribution in [3.05, 3.63) is 21.4 Å². The molecule has 110 valence electrons. The van der Waals surface area contributed by atoms with E-state index in [9.17, 15) is 4.79 Å². The largest absolute Gasteiger partial charge is 0.343 e. The van der Waals surface area contributed by atoms with Gasteiger partial charge < -0.3 is 10.2 Å². The highest BCUT2D eigenvalue weighted by Crippen LogP contribution is 2.29. The van der Waals surface area contributed by atoms with Gasteiger partial charge in [0.05, 0.1) is 30.6 Å². The molecule has 0 bridgehead atoms. The lowest BCUT2D eigenvalue weighted by Crippen LogP contribution is -3.14. The normalized spacial score (nSPS) is 26.1. The van der Waals surface area contributed by atoms with Crippen molar-refractivity contribution in [1.29, 1.82) is 0 Å². The first-order valence-electron chi connectivity index (χ1n) is 8.01. The van der Waals surface area contributed by atoms with Gasteiger partial charge in [0.15, 0.2) is 0 Å². The molecule has 0 aromatic carbocycles. The zero-order valence-electron chi connectivity index (χ0n) is 12.3. The summed E-state index contributed by atoms with van der Waals surface area (Å²) in [6.45, 7) is 5.75. The Morgan fingerprint density at radius 3 is 3.10 bits per heavy atom. The highest BCUT2D eigenvalue weighted by Gasteiger charge is 2.26. The van der Waals surface area contributed by atoms with E-state index in [0.717, 1.165) is 30.7 Å². The zero-order chi connectivity index (χ0) is 13.9. The lowest BCUT2D eigenvalue weighted by molar-refractivity contribution is -0.904. The highest BCUT2D eigenvalue weighted by atomic mass is 32.1. The molecule has 2 aliphatic rings. The summed E-state index contributed by atoms with van der Waals surface area (Å²) in [6.07, 6.45) is 7.15. The average Bonchev–Trinajstić information content (AvgIpc) is 2.91. The van der Waals surface area contributed by atoms with Crippen molar-refractivity contribution < 1.29 is 9.69 Å². The summed E-state index contributed by atoms with van der Waals surface area (Å²) in [6, 6.07) is 0.368.